The predicted molar refractivity (Wildman–Crippen MR) is 88.8 cm³/mol. The molecule has 0 unspecified atom stereocenters. The van der Waals surface area contributed by atoms with Gasteiger partial charge in [0.15, 0.2) is 5.16 Å². The van der Waals surface area contributed by atoms with Gasteiger partial charge in [-0.25, -0.2) is 0 Å². The van der Waals surface area contributed by atoms with Gasteiger partial charge < -0.3 is 4.74 Å². The van der Waals surface area contributed by atoms with Crippen molar-refractivity contribution in [1.82, 2.24) is 14.8 Å². The van der Waals surface area contributed by atoms with E-state index < -0.39 is 0 Å². The highest BCUT2D eigenvalue weighted by molar-refractivity contribution is 7.99. The maximum absolute atomic E-state index is 5.80. The van der Waals surface area contributed by atoms with Crippen molar-refractivity contribution in [3.8, 4) is 11.4 Å². The number of hydrogen-bond acceptors (Lipinski definition) is 4. The van der Waals surface area contributed by atoms with E-state index in [9.17, 15) is 0 Å². The van der Waals surface area contributed by atoms with Gasteiger partial charge in [-0.1, -0.05) is 48.2 Å². The molecule has 0 saturated heterocycles. The maximum atomic E-state index is 5.80. The molecule has 4 nitrogen and oxygen atoms in total. The molecule has 0 aliphatic rings. The van der Waals surface area contributed by atoms with Crippen LogP contribution >= 0.6 is 11.8 Å². The van der Waals surface area contributed by atoms with Crippen molar-refractivity contribution in [3.05, 3.63) is 66.5 Å². The molecule has 0 atom stereocenters. The van der Waals surface area contributed by atoms with Gasteiger partial charge in [0.1, 0.15) is 12.1 Å². The third kappa shape index (κ3) is 3.49. The number of ether oxygens (including phenoxy) is 1. The molecule has 0 N–H and O–H groups in total. The highest BCUT2D eigenvalue weighted by Gasteiger charge is 2.07. The van der Waals surface area contributed by atoms with E-state index in [1.54, 1.807) is 18.1 Å². The molecule has 1 aromatic heterocycles. The van der Waals surface area contributed by atoms with E-state index in [0.29, 0.717) is 6.61 Å². The smallest absolute Gasteiger partial charge is 0.195 e. The zero-order chi connectivity index (χ0) is 15.2. The summed E-state index contributed by atoms with van der Waals surface area (Å²) in [5.74, 6) is 1.76. The van der Waals surface area contributed by atoms with Crippen LogP contribution in [0.25, 0.3) is 5.69 Å². The SMILES string of the molecule is Cc1ccccc1OCCSc1nncn1-c1ccccc1. The summed E-state index contributed by atoms with van der Waals surface area (Å²) in [7, 11) is 0. The van der Waals surface area contributed by atoms with Crippen molar-refractivity contribution >= 4 is 11.8 Å². The molecule has 5 heteroatoms. The Morgan fingerprint density at radius 3 is 2.64 bits per heavy atom. The van der Waals surface area contributed by atoms with Gasteiger partial charge in [0.25, 0.3) is 0 Å². The zero-order valence-electron chi connectivity index (χ0n) is 12.3. The lowest BCUT2D eigenvalue weighted by Gasteiger charge is -2.09. The van der Waals surface area contributed by atoms with Gasteiger partial charge in [-0.05, 0) is 30.7 Å². The van der Waals surface area contributed by atoms with Gasteiger partial charge >= 0.3 is 0 Å². The molecule has 0 fully saturated rings. The summed E-state index contributed by atoms with van der Waals surface area (Å²) in [6, 6.07) is 18.1. The van der Waals surface area contributed by atoms with Gasteiger partial charge in [0.2, 0.25) is 0 Å². The number of thioether (sulfide) groups is 1. The van der Waals surface area contributed by atoms with E-state index in [2.05, 4.69) is 23.2 Å². The van der Waals surface area contributed by atoms with Crippen LogP contribution < -0.4 is 4.74 Å². The molecule has 112 valence electrons. The molecular formula is C17H17N3OS. The third-order valence-electron chi connectivity index (χ3n) is 3.22. The van der Waals surface area contributed by atoms with Crippen LogP contribution in [0.3, 0.4) is 0 Å². The van der Waals surface area contributed by atoms with Crippen molar-refractivity contribution in [2.24, 2.45) is 0 Å². The lowest BCUT2D eigenvalue weighted by molar-refractivity contribution is 0.341. The standard InChI is InChI=1S/C17H17N3OS/c1-14-7-5-6-10-16(14)21-11-12-22-17-19-18-13-20(17)15-8-3-2-4-9-15/h2-10,13H,11-12H2,1H3. The largest absolute Gasteiger partial charge is 0.492 e. The first-order valence-electron chi connectivity index (χ1n) is 7.11. The number of aryl methyl sites for hydroxylation is 1. The van der Waals surface area contributed by atoms with Crippen molar-refractivity contribution in [3.63, 3.8) is 0 Å². The first-order chi connectivity index (χ1) is 10.8. The molecule has 0 radical (unpaired) electrons. The fourth-order valence-corrected chi connectivity index (χ4v) is 2.84. The van der Waals surface area contributed by atoms with Gasteiger partial charge in [0.05, 0.1) is 6.61 Å². The minimum Gasteiger partial charge on any atom is -0.492 e. The molecule has 3 rings (SSSR count). The summed E-state index contributed by atoms with van der Waals surface area (Å²) in [5, 5.41) is 9.05. The number of benzene rings is 2. The lowest BCUT2D eigenvalue weighted by Crippen LogP contribution is -2.03. The van der Waals surface area contributed by atoms with Crippen LogP contribution in [0.4, 0.5) is 0 Å². The number of aromatic nitrogens is 3. The van der Waals surface area contributed by atoms with Gasteiger partial charge in [-0.3, -0.25) is 4.57 Å². The first-order valence-corrected chi connectivity index (χ1v) is 8.10. The number of para-hydroxylation sites is 2. The molecule has 0 saturated carbocycles. The average molecular weight is 311 g/mol. The van der Waals surface area contributed by atoms with Crippen LogP contribution in [-0.4, -0.2) is 27.1 Å². The van der Waals surface area contributed by atoms with E-state index >= 15 is 0 Å². The Labute approximate surface area is 134 Å². The van der Waals surface area contributed by atoms with Crippen LogP contribution in [0, 0.1) is 6.92 Å². The molecule has 3 aromatic rings. The van der Waals surface area contributed by atoms with Crippen molar-refractivity contribution < 1.29 is 4.74 Å². The molecule has 0 aliphatic carbocycles. The summed E-state index contributed by atoms with van der Waals surface area (Å²) in [6.07, 6.45) is 1.74. The Morgan fingerprint density at radius 1 is 1.05 bits per heavy atom. The van der Waals surface area contributed by atoms with Gasteiger partial charge in [-0.2, -0.15) is 0 Å². The monoisotopic (exact) mass is 311 g/mol. The minimum absolute atomic E-state index is 0.636. The predicted octanol–water partition coefficient (Wildman–Crippen LogP) is 3.75. The molecular weight excluding hydrogens is 294 g/mol. The van der Waals surface area contributed by atoms with Crippen LogP contribution in [0.2, 0.25) is 0 Å². The van der Waals surface area contributed by atoms with Crippen LogP contribution in [0.1, 0.15) is 5.56 Å². The second-order valence-electron chi connectivity index (χ2n) is 4.78. The van der Waals surface area contributed by atoms with Crippen LogP contribution in [-0.2, 0) is 0 Å². The second-order valence-corrected chi connectivity index (χ2v) is 5.84. The highest BCUT2D eigenvalue weighted by atomic mass is 32.2. The summed E-state index contributed by atoms with van der Waals surface area (Å²) < 4.78 is 7.79. The lowest BCUT2D eigenvalue weighted by atomic mass is 10.2. The van der Waals surface area contributed by atoms with E-state index in [0.717, 1.165) is 27.9 Å². The van der Waals surface area contributed by atoms with Crippen molar-refractivity contribution in [1.29, 1.82) is 0 Å². The Balaban J connectivity index is 1.57. The molecule has 1 heterocycles. The topological polar surface area (TPSA) is 39.9 Å². The van der Waals surface area contributed by atoms with E-state index in [4.69, 9.17) is 4.74 Å². The zero-order valence-corrected chi connectivity index (χ0v) is 13.2. The fourth-order valence-electron chi connectivity index (χ4n) is 2.09. The third-order valence-corrected chi connectivity index (χ3v) is 4.12. The summed E-state index contributed by atoms with van der Waals surface area (Å²) in [4.78, 5) is 0. The molecule has 0 amide bonds. The minimum atomic E-state index is 0.636. The fraction of sp³-hybridized carbons (Fsp3) is 0.176. The van der Waals surface area contributed by atoms with Gasteiger partial charge in [0, 0.05) is 11.4 Å². The summed E-state index contributed by atoms with van der Waals surface area (Å²) >= 11 is 1.64. The molecule has 0 aliphatic heterocycles. The molecule has 0 bridgehead atoms. The molecule has 22 heavy (non-hydrogen) atoms. The number of rotatable bonds is 6. The number of hydrogen-bond donors (Lipinski definition) is 0. The van der Waals surface area contributed by atoms with E-state index in [-0.39, 0.29) is 0 Å². The normalized spacial score (nSPS) is 10.6. The Hall–Kier alpha value is -2.27. The van der Waals surface area contributed by atoms with Gasteiger partial charge in [-0.15, -0.1) is 10.2 Å². The Bertz CT molecular complexity index is 728. The summed E-state index contributed by atoms with van der Waals surface area (Å²) in [6.45, 7) is 2.69. The van der Waals surface area contributed by atoms with E-state index in [1.807, 2.05) is 53.1 Å². The van der Waals surface area contributed by atoms with Crippen LogP contribution in [0.5, 0.6) is 5.75 Å². The second kappa shape index (κ2) is 7.13. The van der Waals surface area contributed by atoms with E-state index in [1.165, 1.54) is 0 Å². The quantitative estimate of drug-likeness (QED) is 0.513. The highest BCUT2D eigenvalue weighted by Crippen LogP contribution is 2.20. The average Bonchev–Trinajstić information content (AvgIpc) is 3.02. The molecule has 2 aromatic carbocycles. The number of nitrogens with zero attached hydrogens (tertiary/aromatic N) is 3. The molecule has 0 spiro atoms. The Kier molecular flexibility index (Phi) is 4.75. The van der Waals surface area contributed by atoms with Crippen molar-refractivity contribution in [2.75, 3.05) is 12.4 Å². The Morgan fingerprint density at radius 2 is 1.82 bits per heavy atom. The van der Waals surface area contributed by atoms with Crippen molar-refractivity contribution in [2.45, 2.75) is 12.1 Å². The first kappa shape index (κ1) is 14.7. The maximum Gasteiger partial charge on any atom is 0.195 e. The summed E-state index contributed by atoms with van der Waals surface area (Å²) in [5.41, 5.74) is 2.22. The van der Waals surface area contributed by atoms with Crippen LogP contribution in [0.15, 0.2) is 66.1 Å².